The monoisotopic (exact) mass is 480 g/mol. The normalized spacial score (nSPS) is 18.5. The molecule has 0 unspecified atom stereocenters. The summed E-state index contributed by atoms with van der Waals surface area (Å²) < 4.78 is 10.8. The number of carboxylic acids is 1. The van der Waals surface area contributed by atoms with Gasteiger partial charge in [0.05, 0.1) is 19.6 Å². The van der Waals surface area contributed by atoms with Crippen molar-refractivity contribution in [1.29, 1.82) is 0 Å². The number of rotatable bonds is 11. The van der Waals surface area contributed by atoms with Crippen molar-refractivity contribution in [2.75, 3.05) is 32.9 Å². The van der Waals surface area contributed by atoms with Crippen LogP contribution in [0.3, 0.4) is 0 Å². The van der Waals surface area contributed by atoms with E-state index in [0.29, 0.717) is 13.1 Å². The SMILES string of the molecule is O=C(O)CCOCCNC(=O)[C@@H]1CCC[C@@H]1CNC(=O)OCC1c2ccccc2-c2ccccc21. The van der Waals surface area contributed by atoms with Crippen LogP contribution in [-0.4, -0.2) is 56.0 Å². The van der Waals surface area contributed by atoms with E-state index in [1.54, 1.807) is 0 Å². The van der Waals surface area contributed by atoms with E-state index in [9.17, 15) is 14.4 Å². The standard InChI is InChI=1S/C27H32N2O6/c30-25(31)12-14-34-15-13-28-26(32)19-11-5-6-18(19)16-29-27(33)35-17-24-22-9-3-1-7-20(22)21-8-2-4-10-23(21)24/h1-4,7-10,18-19,24H,5-6,11-17H2,(H,28,32)(H,29,33)(H,30,31)/t18-,19-/m1/s1. The first-order valence-corrected chi connectivity index (χ1v) is 12.2. The van der Waals surface area contributed by atoms with Gasteiger partial charge in [0.15, 0.2) is 0 Å². The Bertz CT molecular complexity index is 1010. The number of hydrogen-bond acceptors (Lipinski definition) is 5. The molecule has 4 rings (SSSR count). The van der Waals surface area contributed by atoms with Crippen LogP contribution in [0.15, 0.2) is 48.5 Å². The summed E-state index contributed by atoms with van der Waals surface area (Å²) in [7, 11) is 0. The van der Waals surface area contributed by atoms with Crippen molar-refractivity contribution in [2.45, 2.75) is 31.6 Å². The van der Waals surface area contributed by atoms with Crippen molar-refractivity contribution >= 4 is 18.0 Å². The summed E-state index contributed by atoms with van der Waals surface area (Å²) in [5.74, 6) is -1.06. The summed E-state index contributed by atoms with van der Waals surface area (Å²) in [4.78, 5) is 35.5. The van der Waals surface area contributed by atoms with Gasteiger partial charge in [-0.25, -0.2) is 4.79 Å². The lowest BCUT2D eigenvalue weighted by Crippen LogP contribution is -2.39. The van der Waals surface area contributed by atoms with Gasteiger partial charge in [0.2, 0.25) is 5.91 Å². The molecule has 2 aromatic rings. The molecular formula is C27H32N2O6. The van der Waals surface area contributed by atoms with Gasteiger partial charge in [0.25, 0.3) is 0 Å². The van der Waals surface area contributed by atoms with Crippen LogP contribution in [-0.2, 0) is 19.1 Å². The predicted octanol–water partition coefficient (Wildman–Crippen LogP) is 3.55. The lowest BCUT2D eigenvalue weighted by atomic mass is 9.95. The van der Waals surface area contributed by atoms with Gasteiger partial charge in [-0.1, -0.05) is 55.0 Å². The molecule has 0 radical (unpaired) electrons. The first kappa shape index (κ1) is 24.7. The maximum atomic E-state index is 12.6. The average Bonchev–Trinajstić information content (AvgIpc) is 3.46. The lowest BCUT2D eigenvalue weighted by molar-refractivity contribution is -0.138. The maximum absolute atomic E-state index is 12.6. The third-order valence-corrected chi connectivity index (χ3v) is 6.85. The zero-order valence-corrected chi connectivity index (χ0v) is 19.7. The Labute approximate surface area is 205 Å². The fourth-order valence-electron chi connectivity index (χ4n) is 5.13. The molecule has 8 heteroatoms. The summed E-state index contributed by atoms with van der Waals surface area (Å²) in [5.41, 5.74) is 4.70. The molecule has 0 heterocycles. The minimum atomic E-state index is -0.910. The highest BCUT2D eigenvalue weighted by Crippen LogP contribution is 2.44. The van der Waals surface area contributed by atoms with Gasteiger partial charge in [0.1, 0.15) is 6.61 Å². The van der Waals surface area contributed by atoms with E-state index < -0.39 is 12.1 Å². The van der Waals surface area contributed by atoms with Crippen LogP contribution in [0.5, 0.6) is 0 Å². The summed E-state index contributed by atoms with van der Waals surface area (Å²) in [6, 6.07) is 16.4. The Morgan fingerprint density at radius 3 is 2.29 bits per heavy atom. The molecule has 3 N–H and O–H groups in total. The number of ether oxygens (including phenoxy) is 2. The molecule has 1 fully saturated rings. The molecule has 2 amide bonds. The fourth-order valence-corrected chi connectivity index (χ4v) is 5.13. The molecular weight excluding hydrogens is 448 g/mol. The topological polar surface area (TPSA) is 114 Å². The number of carboxylic acid groups (broad SMARTS) is 1. The smallest absolute Gasteiger partial charge is 0.407 e. The number of carbonyl (C=O) groups is 3. The predicted molar refractivity (Wildman–Crippen MR) is 130 cm³/mol. The molecule has 0 spiro atoms. The minimum absolute atomic E-state index is 0.0101. The molecule has 35 heavy (non-hydrogen) atoms. The van der Waals surface area contributed by atoms with Crippen LogP contribution in [0.2, 0.25) is 0 Å². The fraction of sp³-hybridized carbons (Fsp3) is 0.444. The number of nitrogens with one attached hydrogen (secondary N) is 2. The number of aliphatic carboxylic acids is 1. The van der Waals surface area contributed by atoms with Gasteiger partial charge < -0.3 is 25.2 Å². The van der Waals surface area contributed by atoms with Gasteiger partial charge in [-0.2, -0.15) is 0 Å². The zero-order chi connectivity index (χ0) is 24.6. The summed E-state index contributed by atoms with van der Waals surface area (Å²) in [5, 5.41) is 14.3. The molecule has 2 aliphatic rings. The van der Waals surface area contributed by atoms with E-state index in [0.717, 1.165) is 19.3 Å². The molecule has 8 nitrogen and oxygen atoms in total. The van der Waals surface area contributed by atoms with Crippen LogP contribution in [0.1, 0.15) is 42.7 Å². The van der Waals surface area contributed by atoms with Crippen molar-refractivity contribution in [3.63, 3.8) is 0 Å². The molecule has 0 aromatic heterocycles. The van der Waals surface area contributed by atoms with Crippen molar-refractivity contribution in [2.24, 2.45) is 11.8 Å². The molecule has 0 aliphatic heterocycles. The molecule has 186 valence electrons. The third-order valence-electron chi connectivity index (χ3n) is 6.85. The summed E-state index contributed by atoms with van der Waals surface area (Å²) in [6.07, 6.45) is 2.06. The zero-order valence-electron chi connectivity index (χ0n) is 19.7. The highest BCUT2D eigenvalue weighted by atomic mass is 16.5. The Morgan fingerprint density at radius 2 is 1.60 bits per heavy atom. The number of amides is 2. The Hall–Kier alpha value is -3.39. The average molecular weight is 481 g/mol. The van der Waals surface area contributed by atoms with Crippen LogP contribution >= 0.6 is 0 Å². The van der Waals surface area contributed by atoms with Crippen LogP contribution in [0, 0.1) is 11.8 Å². The molecule has 0 saturated heterocycles. The summed E-state index contributed by atoms with van der Waals surface area (Å²) in [6.45, 7) is 1.39. The van der Waals surface area contributed by atoms with E-state index in [-0.39, 0.29) is 49.9 Å². The second-order valence-corrected chi connectivity index (χ2v) is 9.05. The number of benzene rings is 2. The molecule has 1 saturated carbocycles. The second-order valence-electron chi connectivity index (χ2n) is 9.05. The molecule has 0 bridgehead atoms. The third kappa shape index (κ3) is 6.19. The van der Waals surface area contributed by atoms with Gasteiger partial charge in [-0.3, -0.25) is 9.59 Å². The summed E-state index contributed by atoms with van der Waals surface area (Å²) >= 11 is 0. The van der Waals surface area contributed by atoms with Gasteiger partial charge in [0, 0.05) is 24.9 Å². The maximum Gasteiger partial charge on any atom is 0.407 e. The van der Waals surface area contributed by atoms with E-state index >= 15 is 0 Å². The number of alkyl carbamates (subject to hydrolysis) is 1. The van der Waals surface area contributed by atoms with Crippen molar-refractivity contribution < 1.29 is 29.0 Å². The van der Waals surface area contributed by atoms with E-state index in [1.807, 2.05) is 24.3 Å². The first-order valence-electron chi connectivity index (χ1n) is 12.2. The molecule has 2 aliphatic carbocycles. The highest BCUT2D eigenvalue weighted by Gasteiger charge is 2.33. The van der Waals surface area contributed by atoms with Crippen molar-refractivity contribution in [1.82, 2.24) is 10.6 Å². The van der Waals surface area contributed by atoms with Crippen LogP contribution < -0.4 is 10.6 Å². The quantitative estimate of drug-likeness (QED) is 0.424. The number of fused-ring (bicyclic) bond motifs is 3. The Morgan fingerprint density at radius 1 is 0.914 bits per heavy atom. The van der Waals surface area contributed by atoms with E-state index in [2.05, 4.69) is 34.9 Å². The lowest BCUT2D eigenvalue weighted by Gasteiger charge is -2.20. The van der Waals surface area contributed by atoms with Crippen LogP contribution in [0.25, 0.3) is 11.1 Å². The first-order chi connectivity index (χ1) is 17.0. The number of carbonyl (C=O) groups excluding carboxylic acids is 2. The second kappa shape index (κ2) is 11.8. The van der Waals surface area contributed by atoms with Crippen molar-refractivity contribution in [3.8, 4) is 11.1 Å². The Kier molecular flexibility index (Phi) is 8.36. The van der Waals surface area contributed by atoms with Gasteiger partial charge in [-0.15, -0.1) is 0 Å². The molecule has 2 aromatic carbocycles. The van der Waals surface area contributed by atoms with E-state index in [1.165, 1.54) is 22.3 Å². The minimum Gasteiger partial charge on any atom is -0.481 e. The Balaban J connectivity index is 1.21. The highest BCUT2D eigenvalue weighted by molar-refractivity contribution is 5.80. The molecule has 2 atom stereocenters. The van der Waals surface area contributed by atoms with Crippen LogP contribution in [0.4, 0.5) is 4.79 Å². The van der Waals surface area contributed by atoms with Gasteiger partial charge in [-0.05, 0) is 41.0 Å². The van der Waals surface area contributed by atoms with E-state index in [4.69, 9.17) is 14.6 Å². The van der Waals surface area contributed by atoms with Crippen molar-refractivity contribution in [3.05, 3.63) is 59.7 Å². The number of hydrogen-bond donors (Lipinski definition) is 3. The van der Waals surface area contributed by atoms with Gasteiger partial charge >= 0.3 is 12.1 Å². The largest absolute Gasteiger partial charge is 0.481 e.